The van der Waals surface area contributed by atoms with Crippen molar-refractivity contribution in [1.29, 1.82) is 0 Å². The van der Waals surface area contributed by atoms with E-state index in [-0.39, 0.29) is 17.7 Å². The molecular formula is C24H29ClN4O2S. The summed E-state index contributed by atoms with van der Waals surface area (Å²) in [5.41, 5.74) is 1.03. The number of nitrogens with zero attached hydrogens (tertiary/aromatic N) is 2. The van der Waals surface area contributed by atoms with Crippen molar-refractivity contribution < 1.29 is 9.59 Å². The summed E-state index contributed by atoms with van der Waals surface area (Å²) in [7, 11) is 2.11. The molecule has 2 heterocycles. The van der Waals surface area contributed by atoms with E-state index in [1.165, 1.54) is 24.2 Å². The molecule has 6 nitrogen and oxygen atoms in total. The summed E-state index contributed by atoms with van der Waals surface area (Å²) >= 11 is 7.26. The summed E-state index contributed by atoms with van der Waals surface area (Å²) in [6.45, 7) is 2.06. The highest BCUT2D eigenvalue weighted by Crippen LogP contribution is 2.51. The van der Waals surface area contributed by atoms with E-state index in [0.717, 1.165) is 43.7 Å². The zero-order chi connectivity index (χ0) is 22.3. The lowest BCUT2D eigenvalue weighted by Gasteiger charge is -2.38. The Morgan fingerprint density at radius 2 is 1.88 bits per heavy atom. The van der Waals surface area contributed by atoms with Crippen molar-refractivity contribution in [2.45, 2.75) is 44.1 Å². The summed E-state index contributed by atoms with van der Waals surface area (Å²) < 4.78 is 0.570. The Morgan fingerprint density at radius 3 is 2.50 bits per heavy atom. The zero-order valence-electron chi connectivity index (χ0n) is 18.3. The molecule has 2 amide bonds. The van der Waals surface area contributed by atoms with Crippen LogP contribution in [0, 0.1) is 11.8 Å². The summed E-state index contributed by atoms with van der Waals surface area (Å²) in [6, 6.07) is 11.5. The van der Waals surface area contributed by atoms with Crippen molar-refractivity contribution in [1.82, 2.24) is 10.3 Å². The monoisotopic (exact) mass is 472 g/mol. The van der Waals surface area contributed by atoms with Gasteiger partial charge in [0.1, 0.15) is 5.54 Å². The van der Waals surface area contributed by atoms with Gasteiger partial charge in [0, 0.05) is 25.8 Å². The van der Waals surface area contributed by atoms with Gasteiger partial charge in [-0.05, 0) is 86.8 Å². The quantitative estimate of drug-likeness (QED) is 0.657. The lowest BCUT2D eigenvalue weighted by Crippen LogP contribution is -2.60. The number of carbonyl (C=O) groups excluding carboxylic acids is 2. The second kappa shape index (κ2) is 8.69. The third-order valence-electron chi connectivity index (χ3n) is 7.32. The molecule has 2 aromatic rings. The van der Waals surface area contributed by atoms with E-state index in [1.807, 2.05) is 12.1 Å². The number of halogens is 1. The number of hydrogen-bond acceptors (Lipinski definition) is 5. The Labute approximate surface area is 197 Å². The fourth-order valence-corrected chi connectivity index (χ4v) is 6.64. The Bertz CT molecular complexity index is 1010. The lowest BCUT2D eigenvalue weighted by molar-refractivity contribution is -0.124. The first kappa shape index (κ1) is 21.7. The number of amides is 2. The molecule has 3 aliphatic rings. The minimum absolute atomic E-state index is 0.108. The van der Waals surface area contributed by atoms with Crippen LogP contribution in [0.5, 0.6) is 0 Å². The van der Waals surface area contributed by atoms with Gasteiger partial charge in [-0.25, -0.2) is 5.01 Å². The van der Waals surface area contributed by atoms with Crippen LogP contribution in [-0.2, 0) is 4.79 Å². The van der Waals surface area contributed by atoms with Gasteiger partial charge < -0.3 is 15.6 Å². The topological polar surface area (TPSA) is 64.7 Å². The first-order valence-corrected chi connectivity index (χ1v) is 12.6. The molecule has 8 heteroatoms. The highest BCUT2D eigenvalue weighted by molar-refractivity contribution is 7.18. The van der Waals surface area contributed by atoms with Crippen molar-refractivity contribution in [3.05, 3.63) is 45.6 Å². The second-order valence-corrected chi connectivity index (χ2v) is 11.0. The Kier molecular flexibility index (Phi) is 5.90. The van der Waals surface area contributed by atoms with E-state index in [1.54, 1.807) is 12.1 Å². The summed E-state index contributed by atoms with van der Waals surface area (Å²) in [5, 5.41) is 10.8. The number of nitrogens with one attached hydrogen (secondary N) is 2. The Balaban J connectivity index is 1.33. The molecule has 1 aliphatic heterocycles. The molecule has 2 aliphatic carbocycles. The molecule has 2 saturated carbocycles. The zero-order valence-corrected chi connectivity index (χ0v) is 19.8. The number of fused-ring (bicyclic) bond motifs is 2. The average molecular weight is 473 g/mol. The van der Waals surface area contributed by atoms with Crippen molar-refractivity contribution in [3.8, 4) is 0 Å². The van der Waals surface area contributed by atoms with Gasteiger partial charge in [0.15, 0.2) is 0 Å². The molecule has 3 unspecified atom stereocenters. The number of thiophene rings is 1. The lowest BCUT2D eigenvalue weighted by atomic mass is 9.79. The molecule has 32 heavy (non-hydrogen) atoms. The fourth-order valence-electron chi connectivity index (χ4n) is 5.70. The maximum absolute atomic E-state index is 13.6. The molecular weight excluding hydrogens is 444 g/mol. The van der Waals surface area contributed by atoms with Gasteiger partial charge in [0.2, 0.25) is 5.91 Å². The van der Waals surface area contributed by atoms with Crippen LogP contribution in [0.3, 0.4) is 0 Å². The molecule has 5 rings (SSSR count). The molecule has 0 spiro atoms. The first-order chi connectivity index (χ1) is 15.4. The molecule has 1 aromatic carbocycles. The SMILES string of the molecule is CN1CCCCN1c1ccc(NC(=O)C2(NC(=O)c3ccc(Cl)s3)CC3CCC2C3)cc1. The second-order valence-electron chi connectivity index (χ2n) is 9.32. The van der Waals surface area contributed by atoms with E-state index in [4.69, 9.17) is 11.6 Å². The minimum Gasteiger partial charge on any atom is -0.337 e. The largest absolute Gasteiger partial charge is 0.337 e. The number of benzene rings is 1. The molecule has 3 atom stereocenters. The molecule has 1 aromatic heterocycles. The standard InChI is InChI=1S/C24H29ClN4O2S/c1-28-12-2-3-13-29(28)19-8-6-18(7-9-19)26-23(31)24(15-16-4-5-17(24)14-16)27-22(30)20-10-11-21(25)32-20/h6-11,16-17H,2-5,12-15H2,1H3,(H,26,31)(H,27,30). The average Bonchev–Trinajstić information content (AvgIpc) is 3.51. The van der Waals surface area contributed by atoms with Crippen LogP contribution in [0.25, 0.3) is 0 Å². The maximum Gasteiger partial charge on any atom is 0.262 e. The van der Waals surface area contributed by atoms with Crippen LogP contribution in [0.2, 0.25) is 4.34 Å². The predicted molar refractivity (Wildman–Crippen MR) is 129 cm³/mol. The van der Waals surface area contributed by atoms with Crippen molar-refractivity contribution >= 4 is 46.1 Å². The maximum atomic E-state index is 13.6. The number of rotatable bonds is 5. The van der Waals surface area contributed by atoms with Gasteiger partial charge in [-0.2, -0.15) is 0 Å². The predicted octanol–water partition coefficient (Wildman–Crippen LogP) is 4.78. The number of hydrazine groups is 1. The van der Waals surface area contributed by atoms with Gasteiger partial charge >= 0.3 is 0 Å². The summed E-state index contributed by atoms with van der Waals surface area (Å²) in [6.07, 6.45) is 6.21. The summed E-state index contributed by atoms with van der Waals surface area (Å²) in [4.78, 5) is 27.1. The van der Waals surface area contributed by atoms with E-state index in [2.05, 4.69) is 39.8 Å². The number of hydrogen-bond donors (Lipinski definition) is 2. The number of carbonyl (C=O) groups is 2. The molecule has 2 bridgehead atoms. The smallest absolute Gasteiger partial charge is 0.262 e. The van der Waals surface area contributed by atoms with Crippen molar-refractivity contribution in [3.63, 3.8) is 0 Å². The van der Waals surface area contributed by atoms with Gasteiger partial charge in [-0.1, -0.05) is 11.6 Å². The molecule has 3 fully saturated rings. The third-order valence-corrected chi connectivity index (χ3v) is 8.55. The van der Waals surface area contributed by atoms with Gasteiger partial charge in [-0.3, -0.25) is 9.59 Å². The van der Waals surface area contributed by atoms with E-state index >= 15 is 0 Å². The first-order valence-electron chi connectivity index (χ1n) is 11.4. The Morgan fingerprint density at radius 1 is 1.09 bits per heavy atom. The molecule has 170 valence electrons. The summed E-state index contributed by atoms with van der Waals surface area (Å²) in [5.74, 6) is 0.347. The van der Waals surface area contributed by atoms with Crippen molar-refractivity contribution in [2.75, 3.05) is 30.5 Å². The van der Waals surface area contributed by atoms with Crippen LogP contribution in [0.1, 0.15) is 48.2 Å². The third kappa shape index (κ3) is 4.02. The van der Waals surface area contributed by atoms with Gasteiger partial charge in [0.05, 0.1) is 14.9 Å². The number of anilines is 2. The van der Waals surface area contributed by atoms with Gasteiger partial charge in [-0.15, -0.1) is 11.3 Å². The van der Waals surface area contributed by atoms with Crippen LogP contribution < -0.4 is 15.6 Å². The van der Waals surface area contributed by atoms with E-state index in [9.17, 15) is 9.59 Å². The highest BCUT2D eigenvalue weighted by atomic mass is 35.5. The molecule has 1 saturated heterocycles. The fraction of sp³-hybridized carbons (Fsp3) is 0.500. The minimum atomic E-state index is -0.859. The molecule has 0 radical (unpaired) electrons. The van der Waals surface area contributed by atoms with Crippen LogP contribution in [0.4, 0.5) is 11.4 Å². The normalized spacial score (nSPS) is 27.5. The van der Waals surface area contributed by atoms with Gasteiger partial charge in [0.25, 0.3) is 5.91 Å². The van der Waals surface area contributed by atoms with E-state index < -0.39 is 5.54 Å². The van der Waals surface area contributed by atoms with Crippen LogP contribution >= 0.6 is 22.9 Å². The van der Waals surface area contributed by atoms with Crippen LogP contribution in [0.15, 0.2) is 36.4 Å². The molecule has 2 N–H and O–H groups in total. The van der Waals surface area contributed by atoms with Crippen LogP contribution in [-0.4, -0.2) is 42.5 Å². The van der Waals surface area contributed by atoms with E-state index in [0.29, 0.717) is 21.6 Å². The van der Waals surface area contributed by atoms with Crippen molar-refractivity contribution in [2.24, 2.45) is 11.8 Å². The Hall–Kier alpha value is -2.09. The highest BCUT2D eigenvalue weighted by Gasteiger charge is 2.56.